The number of hydrogen-bond acceptors (Lipinski definition) is 1. The number of amides is 1. The number of rotatable bonds is 6. The van der Waals surface area contributed by atoms with E-state index in [0.717, 1.165) is 11.3 Å². The number of nitrogens with zero attached hydrogens (tertiary/aromatic N) is 1. The van der Waals surface area contributed by atoms with E-state index >= 15 is 0 Å². The average Bonchev–Trinajstić information content (AvgIpc) is 2.87. The predicted octanol–water partition coefficient (Wildman–Crippen LogP) is 5.56. The summed E-state index contributed by atoms with van der Waals surface area (Å²) in [6, 6.07) is 17.0. The molecule has 0 aliphatic carbocycles. The lowest BCUT2D eigenvalue weighted by Gasteiger charge is -2.44. The number of halogens is 2. The Bertz CT molecular complexity index is 786. The summed E-state index contributed by atoms with van der Waals surface area (Å²) in [5.41, 5.74) is -0.182. The summed E-state index contributed by atoms with van der Waals surface area (Å²) in [5.74, 6) is -0.230. The predicted molar refractivity (Wildman–Crippen MR) is 100 cm³/mol. The van der Waals surface area contributed by atoms with Gasteiger partial charge in [-0.2, -0.15) is 0 Å². The van der Waals surface area contributed by atoms with E-state index in [1.165, 1.54) is 0 Å². The van der Waals surface area contributed by atoms with Gasteiger partial charge in [0.05, 0.1) is 12.0 Å². The van der Waals surface area contributed by atoms with Crippen molar-refractivity contribution in [3.8, 4) is 0 Å². The first kappa shape index (κ1) is 18.6. The van der Waals surface area contributed by atoms with Crippen molar-refractivity contribution in [1.29, 1.82) is 0 Å². The number of hydrogen-bond donors (Lipinski definition) is 0. The molecular formula is C22H25F2NO. The largest absolute Gasteiger partial charge is 0.307 e. The van der Waals surface area contributed by atoms with Crippen molar-refractivity contribution in [3.63, 3.8) is 0 Å². The van der Waals surface area contributed by atoms with Crippen molar-refractivity contribution in [3.05, 3.63) is 65.7 Å². The zero-order valence-corrected chi connectivity index (χ0v) is 15.5. The van der Waals surface area contributed by atoms with Crippen molar-refractivity contribution in [1.82, 2.24) is 0 Å². The van der Waals surface area contributed by atoms with Gasteiger partial charge in [0.25, 0.3) is 0 Å². The molecule has 2 nitrogen and oxygen atoms in total. The standard InChI is InChI=1S/C22H25F2NO/c1-4-22(5-2,19(23)24)21(3)17-13-9-10-14-18(17)25(20(21)26)15-16-11-7-6-8-12-16/h6-14,19H,4-5,15H2,1-3H3. The molecule has 0 saturated heterocycles. The van der Waals surface area contributed by atoms with Crippen LogP contribution in [0.2, 0.25) is 0 Å². The van der Waals surface area contributed by atoms with E-state index in [2.05, 4.69) is 0 Å². The maximum absolute atomic E-state index is 14.3. The molecule has 1 atom stereocenters. The Morgan fingerprint density at radius 2 is 1.58 bits per heavy atom. The Kier molecular flexibility index (Phi) is 4.87. The van der Waals surface area contributed by atoms with Crippen LogP contribution in [-0.2, 0) is 16.8 Å². The Labute approximate surface area is 153 Å². The van der Waals surface area contributed by atoms with Gasteiger partial charge in [0.15, 0.2) is 0 Å². The molecule has 0 N–H and O–H groups in total. The Morgan fingerprint density at radius 1 is 1.00 bits per heavy atom. The van der Waals surface area contributed by atoms with E-state index < -0.39 is 17.3 Å². The zero-order chi connectivity index (χ0) is 18.9. The van der Waals surface area contributed by atoms with Gasteiger partial charge in [0.2, 0.25) is 12.3 Å². The minimum Gasteiger partial charge on any atom is -0.307 e. The van der Waals surface area contributed by atoms with Gasteiger partial charge in [0.1, 0.15) is 0 Å². The van der Waals surface area contributed by atoms with Crippen molar-refractivity contribution in [2.24, 2.45) is 5.41 Å². The maximum Gasteiger partial charge on any atom is 0.245 e. The molecule has 1 aliphatic rings. The van der Waals surface area contributed by atoms with Crippen LogP contribution in [0.15, 0.2) is 54.6 Å². The molecule has 0 bridgehead atoms. The Morgan fingerprint density at radius 3 is 2.15 bits per heavy atom. The average molecular weight is 357 g/mol. The third-order valence-corrected chi connectivity index (χ3v) is 6.27. The quantitative estimate of drug-likeness (QED) is 0.662. The van der Waals surface area contributed by atoms with Crippen molar-refractivity contribution >= 4 is 11.6 Å². The maximum atomic E-state index is 14.3. The minimum absolute atomic E-state index is 0.230. The monoisotopic (exact) mass is 357 g/mol. The lowest BCUT2D eigenvalue weighted by atomic mass is 9.58. The molecule has 26 heavy (non-hydrogen) atoms. The highest BCUT2D eigenvalue weighted by Gasteiger charge is 2.62. The normalized spacial score (nSPS) is 19.9. The molecule has 138 valence electrons. The fourth-order valence-corrected chi connectivity index (χ4v) is 4.51. The summed E-state index contributed by atoms with van der Waals surface area (Å²) in [4.78, 5) is 15.2. The Balaban J connectivity index is 2.15. The third kappa shape index (κ3) is 2.46. The number of carbonyl (C=O) groups is 1. The second-order valence-electron chi connectivity index (χ2n) is 7.18. The highest BCUT2D eigenvalue weighted by atomic mass is 19.3. The lowest BCUT2D eigenvalue weighted by molar-refractivity contribution is -0.137. The number of carbonyl (C=O) groups excluding carboxylic acids is 1. The third-order valence-electron chi connectivity index (χ3n) is 6.27. The van der Waals surface area contributed by atoms with Gasteiger partial charge in [-0.1, -0.05) is 62.4 Å². The van der Waals surface area contributed by atoms with Gasteiger partial charge < -0.3 is 4.90 Å². The van der Waals surface area contributed by atoms with Gasteiger partial charge in [-0.25, -0.2) is 8.78 Å². The summed E-state index contributed by atoms with van der Waals surface area (Å²) in [7, 11) is 0. The van der Waals surface area contributed by atoms with Gasteiger partial charge in [0, 0.05) is 11.1 Å². The second kappa shape index (κ2) is 6.82. The lowest BCUT2D eigenvalue weighted by Crippen LogP contribution is -2.53. The summed E-state index contributed by atoms with van der Waals surface area (Å²) in [6.45, 7) is 5.62. The molecule has 4 heteroatoms. The van der Waals surface area contributed by atoms with Crippen LogP contribution in [0.5, 0.6) is 0 Å². The summed E-state index contributed by atoms with van der Waals surface area (Å²) in [6.07, 6.45) is -2.08. The number of anilines is 1. The molecule has 1 heterocycles. The van der Waals surface area contributed by atoms with Crippen LogP contribution in [0, 0.1) is 5.41 Å². The van der Waals surface area contributed by atoms with Gasteiger partial charge >= 0.3 is 0 Å². The Hall–Kier alpha value is -2.23. The fourth-order valence-electron chi connectivity index (χ4n) is 4.51. The van der Waals surface area contributed by atoms with E-state index in [4.69, 9.17) is 0 Å². The number of para-hydroxylation sites is 1. The van der Waals surface area contributed by atoms with E-state index in [1.54, 1.807) is 25.7 Å². The fraction of sp³-hybridized carbons (Fsp3) is 0.409. The van der Waals surface area contributed by atoms with E-state index in [9.17, 15) is 13.6 Å². The van der Waals surface area contributed by atoms with Crippen LogP contribution < -0.4 is 4.90 Å². The molecule has 0 radical (unpaired) electrons. The van der Waals surface area contributed by atoms with Crippen LogP contribution in [0.25, 0.3) is 0 Å². The molecule has 2 aromatic rings. The van der Waals surface area contributed by atoms with Crippen molar-refractivity contribution < 1.29 is 13.6 Å². The van der Waals surface area contributed by atoms with E-state index in [0.29, 0.717) is 12.1 Å². The van der Waals surface area contributed by atoms with Crippen LogP contribution in [0.1, 0.15) is 44.7 Å². The summed E-state index contributed by atoms with van der Waals surface area (Å²) < 4.78 is 28.6. The van der Waals surface area contributed by atoms with Crippen molar-refractivity contribution in [2.75, 3.05) is 4.90 Å². The van der Waals surface area contributed by atoms with E-state index in [-0.39, 0.29) is 18.7 Å². The first-order chi connectivity index (χ1) is 12.4. The van der Waals surface area contributed by atoms with Crippen molar-refractivity contribution in [2.45, 2.75) is 52.0 Å². The topological polar surface area (TPSA) is 20.3 Å². The number of alkyl halides is 2. The molecule has 0 fully saturated rings. The van der Waals surface area contributed by atoms with Gasteiger partial charge in [-0.15, -0.1) is 0 Å². The van der Waals surface area contributed by atoms with Crippen LogP contribution >= 0.6 is 0 Å². The molecule has 0 aromatic heterocycles. The smallest absolute Gasteiger partial charge is 0.245 e. The molecule has 0 saturated carbocycles. The highest BCUT2D eigenvalue weighted by molar-refractivity contribution is 6.08. The minimum atomic E-state index is -2.57. The zero-order valence-electron chi connectivity index (χ0n) is 15.5. The van der Waals surface area contributed by atoms with Crippen LogP contribution in [0.3, 0.4) is 0 Å². The first-order valence-electron chi connectivity index (χ1n) is 9.16. The van der Waals surface area contributed by atoms with Gasteiger partial charge in [-0.05, 0) is 37.0 Å². The number of fused-ring (bicyclic) bond motifs is 1. The van der Waals surface area contributed by atoms with Gasteiger partial charge in [-0.3, -0.25) is 4.79 Å². The van der Waals surface area contributed by atoms with Crippen LogP contribution in [0.4, 0.5) is 14.5 Å². The molecule has 0 spiro atoms. The van der Waals surface area contributed by atoms with E-state index in [1.807, 2.05) is 54.6 Å². The first-order valence-corrected chi connectivity index (χ1v) is 9.16. The summed E-state index contributed by atoms with van der Waals surface area (Å²) >= 11 is 0. The molecule has 1 amide bonds. The summed E-state index contributed by atoms with van der Waals surface area (Å²) in [5, 5.41) is 0. The second-order valence-corrected chi connectivity index (χ2v) is 7.18. The molecule has 3 rings (SSSR count). The SMILES string of the molecule is CCC(CC)(C(F)F)C1(C)C(=O)N(Cc2ccccc2)c2ccccc21. The number of benzene rings is 2. The molecule has 1 unspecified atom stereocenters. The molecular weight excluding hydrogens is 332 g/mol. The molecule has 1 aliphatic heterocycles. The highest BCUT2D eigenvalue weighted by Crippen LogP contribution is 2.57. The van der Waals surface area contributed by atoms with Crippen LogP contribution in [-0.4, -0.2) is 12.3 Å². The molecule has 2 aromatic carbocycles.